The number of rotatable bonds is 4. The molecule has 0 spiro atoms. The monoisotopic (exact) mass is 146 g/mol. The van der Waals surface area contributed by atoms with Crippen molar-refractivity contribution in [3.8, 4) is 0 Å². The zero-order valence-electron chi connectivity index (χ0n) is 7.51. The van der Waals surface area contributed by atoms with E-state index < -0.39 is 0 Å². The summed E-state index contributed by atoms with van der Waals surface area (Å²) in [5.41, 5.74) is 0. The van der Waals surface area contributed by atoms with Gasteiger partial charge in [-0.1, -0.05) is 0 Å². The smallest absolute Gasteiger partial charge is 0.122 e. The number of hydrogen-bond donors (Lipinski definition) is 1. The second-order valence-electron chi connectivity index (χ2n) is 2.65. The second kappa shape index (κ2) is 4.66. The SMILES string of the molecule is CNC(OC)C(C)N(C)C. The van der Waals surface area contributed by atoms with Gasteiger partial charge in [-0.3, -0.25) is 5.32 Å². The van der Waals surface area contributed by atoms with Gasteiger partial charge in [-0.05, 0) is 28.1 Å². The summed E-state index contributed by atoms with van der Waals surface area (Å²) in [6, 6.07) is 0.398. The van der Waals surface area contributed by atoms with Crippen molar-refractivity contribution in [2.45, 2.75) is 19.2 Å². The molecule has 0 aromatic rings. The lowest BCUT2D eigenvalue weighted by atomic mass is 10.3. The predicted octanol–water partition coefficient (Wildman–Crippen LogP) is 0.128. The van der Waals surface area contributed by atoms with Gasteiger partial charge in [-0.15, -0.1) is 0 Å². The largest absolute Gasteiger partial charge is 0.365 e. The molecule has 0 aromatic heterocycles. The normalized spacial score (nSPS) is 17.4. The first kappa shape index (κ1) is 9.88. The highest BCUT2D eigenvalue weighted by molar-refractivity contribution is 4.67. The minimum Gasteiger partial charge on any atom is -0.365 e. The highest BCUT2D eigenvalue weighted by atomic mass is 16.5. The molecule has 0 amide bonds. The molecule has 3 heteroatoms. The van der Waals surface area contributed by atoms with Crippen LogP contribution >= 0.6 is 0 Å². The van der Waals surface area contributed by atoms with Crippen LogP contribution in [0.1, 0.15) is 6.92 Å². The maximum absolute atomic E-state index is 5.17. The van der Waals surface area contributed by atoms with Gasteiger partial charge in [0.15, 0.2) is 0 Å². The van der Waals surface area contributed by atoms with Crippen molar-refractivity contribution in [3.63, 3.8) is 0 Å². The molecule has 0 aliphatic heterocycles. The van der Waals surface area contributed by atoms with E-state index in [-0.39, 0.29) is 6.23 Å². The number of hydrogen-bond acceptors (Lipinski definition) is 3. The van der Waals surface area contributed by atoms with E-state index in [1.165, 1.54) is 0 Å². The number of ether oxygens (including phenoxy) is 1. The van der Waals surface area contributed by atoms with E-state index in [1.807, 2.05) is 21.1 Å². The number of methoxy groups -OCH3 is 1. The highest BCUT2D eigenvalue weighted by Gasteiger charge is 2.15. The van der Waals surface area contributed by atoms with Crippen LogP contribution in [0.4, 0.5) is 0 Å². The fraction of sp³-hybridized carbons (Fsp3) is 1.00. The number of nitrogens with one attached hydrogen (secondary N) is 1. The van der Waals surface area contributed by atoms with Crippen LogP contribution in [0.15, 0.2) is 0 Å². The van der Waals surface area contributed by atoms with Gasteiger partial charge in [0.1, 0.15) is 6.23 Å². The summed E-state index contributed by atoms with van der Waals surface area (Å²) >= 11 is 0. The van der Waals surface area contributed by atoms with Crippen molar-refractivity contribution in [1.29, 1.82) is 0 Å². The lowest BCUT2D eigenvalue weighted by molar-refractivity contribution is 0.0211. The lowest BCUT2D eigenvalue weighted by Crippen LogP contribution is -2.45. The van der Waals surface area contributed by atoms with Crippen LogP contribution in [0.2, 0.25) is 0 Å². The van der Waals surface area contributed by atoms with Gasteiger partial charge in [0.05, 0.1) is 0 Å². The van der Waals surface area contributed by atoms with Gasteiger partial charge in [0, 0.05) is 13.2 Å². The maximum atomic E-state index is 5.17. The summed E-state index contributed by atoms with van der Waals surface area (Å²) < 4.78 is 5.17. The lowest BCUT2D eigenvalue weighted by Gasteiger charge is -2.27. The fourth-order valence-electron chi connectivity index (χ4n) is 0.827. The summed E-state index contributed by atoms with van der Waals surface area (Å²) in [5.74, 6) is 0. The average Bonchev–Trinajstić information content (AvgIpc) is 1.90. The molecule has 3 nitrogen and oxygen atoms in total. The van der Waals surface area contributed by atoms with Crippen molar-refractivity contribution >= 4 is 0 Å². The second-order valence-corrected chi connectivity index (χ2v) is 2.65. The maximum Gasteiger partial charge on any atom is 0.122 e. The third-order valence-electron chi connectivity index (χ3n) is 1.79. The van der Waals surface area contributed by atoms with Gasteiger partial charge in [0.25, 0.3) is 0 Å². The Morgan fingerprint density at radius 1 is 1.40 bits per heavy atom. The van der Waals surface area contributed by atoms with Crippen LogP contribution < -0.4 is 5.32 Å². The Bertz CT molecular complexity index is 81.7. The Morgan fingerprint density at radius 3 is 2.00 bits per heavy atom. The standard InChI is InChI=1S/C7H18N2O/c1-6(9(3)4)7(8-2)10-5/h6-8H,1-5H3. The van der Waals surface area contributed by atoms with Crippen molar-refractivity contribution in [3.05, 3.63) is 0 Å². The van der Waals surface area contributed by atoms with Gasteiger partial charge in [-0.25, -0.2) is 0 Å². The molecule has 0 aliphatic rings. The molecule has 0 bridgehead atoms. The molecular weight excluding hydrogens is 128 g/mol. The zero-order chi connectivity index (χ0) is 8.15. The molecule has 1 N–H and O–H groups in total. The first-order valence-corrected chi connectivity index (χ1v) is 3.50. The Labute approximate surface area is 63.4 Å². The highest BCUT2D eigenvalue weighted by Crippen LogP contribution is 1.98. The van der Waals surface area contributed by atoms with Crippen LogP contribution in [0.3, 0.4) is 0 Å². The number of nitrogens with zero attached hydrogens (tertiary/aromatic N) is 1. The quantitative estimate of drug-likeness (QED) is 0.570. The predicted molar refractivity (Wildman–Crippen MR) is 43.0 cm³/mol. The molecule has 2 atom stereocenters. The van der Waals surface area contributed by atoms with Gasteiger partial charge in [-0.2, -0.15) is 0 Å². The Kier molecular flexibility index (Phi) is 4.60. The van der Waals surface area contributed by atoms with Crippen molar-refractivity contribution < 1.29 is 4.74 Å². The van der Waals surface area contributed by atoms with Crippen molar-refractivity contribution in [2.75, 3.05) is 28.3 Å². The van der Waals surface area contributed by atoms with E-state index in [0.717, 1.165) is 0 Å². The molecule has 10 heavy (non-hydrogen) atoms. The third kappa shape index (κ3) is 2.64. The Hall–Kier alpha value is -0.120. The Morgan fingerprint density at radius 2 is 1.90 bits per heavy atom. The van der Waals surface area contributed by atoms with Gasteiger partial charge < -0.3 is 9.64 Å². The van der Waals surface area contributed by atoms with Crippen LogP contribution in [0, 0.1) is 0 Å². The summed E-state index contributed by atoms with van der Waals surface area (Å²) in [6.45, 7) is 2.12. The van der Waals surface area contributed by atoms with Gasteiger partial charge >= 0.3 is 0 Å². The van der Waals surface area contributed by atoms with Crippen LogP contribution in [-0.2, 0) is 4.74 Å². The number of likely N-dealkylation sites (N-methyl/N-ethyl adjacent to an activating group) is 2. The van der Waals surface area contributed by atoms with E-state index >= 15 is 0 Å². The first-order valence-electron chi connectivity index (χ1n) is 3.50. The van der Waals surface area contributed by atoms with E-state index in [9.17, 15) is 0 Å². The van der Waals surface area contributed by atoms with Crippen LogP contribution in [0.5, 0.6) is 0 Å². The summed E-state index contributed by atoms with van der Waals surface area (Å²) in [6.07, 6.45) is 0.120. The molecule has 0 aromatic carbocycles. The van der Waals surface area contributed by atoms with Gasteiger partial charge in [0.2, 0.25) is 0 Å². The molecule has 2 unspecified atom stereocenters. The van der Waals surface area contributed by atoms with Crippen LogP contribution in [0.25, 0.3) is 0 Å². The van der Waals surface area contributed by atoms with E-state index in [4.69, 9.17) is 4.74 Å². The molecule has 0 heterocycles. The fourth-order valence-corrected chi connectivity index (χ4v) is 0.827. The minimum absolute atomic E-state index is 0.120. The van der Waals surface area contributed by atoms with Crippen molar-refractivity contribution in [2.24, 2.45) is 0 Å². The van der Waals surface area contributed by atoms with E-state index in [1.54, 1.807) is 7.11 Å². The van der Waals surface area contributed by atoms with E-state index in [0.29, 0.717) is 6.04 Å². The molecule has 62 valence electrons. The molecule has 0 rings (SSSR count). The molecule has 0 saturated heterocycles. The zero-order valence-corrected chi connectivity index (χ0v) is 7.51. The first-order chi connectivity index (χ1) is 4.63. The van der Waals surface area contributed by atoms with E-state index in [2.05, 4.69) is 17.1 Å². The average molecular weight is 146 g/mol. The van der Waals surface area contributed by atoms with Crippen molar-refractivity contribution in [1.82, 2.24) is 10.2 Å². The summed E-state index contributed by atoms with van der Waals surface area (Å²) in [5, 5.41) is 3.07. The summed E-state index contributed by atoms with van der Waals surface area (Å²) in [4.78, 5) is 2.12. The molecule has 0 radical (unpaired) electrons. The molecule has 0 saturated carbocycles. The topological polar surface area (TPSA) is 24.5 Å². The molecular formula is C7H18N2O. The molecule has 0 fully saturated rings. The summed E-state index contributed by atoms with van der Waals surface area (Å²) in [7, 11) is 7.68. The molecule has 0 aliphatic carbocycles. The minimum atomic E-state index is 0.120. The van der Waals surface area contributed by atoms with Crippen LogP contribution in [-0.4, -0.2) is 45.4 Å². The third-order valence-corrected chi connectivity index (χ3v) is 1.79. The Balaban J connectivity index is 3.76.